The van der Waals surface area contributed by atoms with E-state index in [2.05, 4.69) is 0 Å². The Bertz CT molecular complexity index is 876. The van der Waals surface area contributed by atoms with Crippen LogP contribution in [-0.2, 0) is 19.0 Å². The van der Waals surface area contributed by atoms with Crippen LogP contribution >= 0.6 is 0 Å². The van der Waals surface area contributed by atoms with Crippen molar-refractivity contribution in [3.8, 4) is 17.6 Å². The number of carbonyl (C=O) groups is 1. The average molecular weight is 451 g/mol. The topological polar surface area (TPSA) is 179 Å². The fraction of sp³-hybridized carbons (Fsp3) is 0.429. The summed E-state index contributed by atoms with van der Waals surface area (Å²) in [5, 5.41) is 57.2. The largest absolute Gasteiger partial charge is 0.504 e. The van der Waals surface area contributed by atoms with Gasteiger partial charge in [0.25, 0.3) is 0 Å². The lowest BCUT2D eigenvalue weighted by molar-refractivity contribution is -0.298. The monoisotopic (exact) mass is 451 g/mol. The number of aromatic hydroxyl groups is 1. The van der Waals surface area contributed by atoms with Gasteiger partial charge in [0.15, 0.2) is 17.8 Å². The van der Waals surface area contributed by atoms with E-state index in [0.717, 1.165) is 6.08 Å². The molecule has 0 saturated carbocycles. The quantitative estimate of drug-likeness (QED) is 0.181. The van der Waals surface area contributed by atoms with Crippen molar-refractivity contribution in [3.05, 3.63) is 41.5 Å². The second kappa shape index (κ2) is 12.2. The maximum atomic E-state index is 11.9. The van der Waals surface area contributed by atoms with Gasteiger partial charge in [-0.25, -0.2) is 4.79 Å². The molecule has 0 bridgehead atoms. The molecule has 5 atom stereocenters. The summed E-state index contributed by atoms with van der Waals surface area (Å²) < 4.78 is 20.4. The molecule has 2 rings (SSSR count). The standard InChI is InChI=1S/C21H25NO10/c1-29-15-8-12(2-4-14(15)24)3-5-17(25)31-11-13(9-22)6-7-30-21-20(28)19(27)18(26)16(10-23)32-21/h2-6,8,16,18-21,23-24,26-28H,7,10-11H2,1H3/b5-3+,13-6-/t16-,18-,19+,20-,21-/m1/s1. The molecule has 1 aliphatic heterocycles. The lowest BCUT2D eigenvalue weighted by Crippen LogP contribution is -2.59. The Hall–Kier alpha value is -2.98. The Kier molecular flexibility index (Phi) is 9.61. The smallest absolute Gasteiger partial charge is 0.331 e. The van der Waals surface area contributed by atoms with Gasteiger partial charge < -0.3 is 44.5 Å². The zero-order valence-corrected chi connectivity index (χ0v) is 17.2. The summed E-state index contributed by atoms with van der Waals surface area (Å²) in [6.45, 7) is -1.16. The lowest BCUT2D eigenvalue weighted by Gasteiger charge is -2.39. The van der Waals surface area contributed by atoms with Gasteiger partial charge >= 0.3 is 5.97 Å². The first-order chi connectivity index (χ1) is 15.3. The first-order valence-corrected chi connectivity index (χ1v) is 9.53. The molecular weight excluding hydrogens is 426 g/mol. The number of benzene rings is 1. The molecule has 0 radical (unpaired) electrons. The molecule has 0 aromatic heterocycles. The van der Waals surface area contributed by atoms with Crippen LogP contribution in [-0.4, -0.2) is 89.1 Å². The molecule has 1 fully saturated rings. The van der Waals surface area contributed by atoms with Crippen LogP contribution in [0.5, 0.6) is 11.5 Å². The first kappa shape index (κ1) is 25.3. The summed E-state index contributed by atoms with van der Waals surface area (Å²) in [5.74, 6) is -0.510. The van der Waals surface area contributed by atoms with Crippen LogP contribution < -0.4 is 4.74 Å². The summed E-state index contributed by atoms with van der Waals surface area (Å²) in [6, 6.07) is 6.34. The van der Waals surface area contributed by atoms with Crippen LogP contribution in [0.3, 0.4) is 0 Å². The molecule has 0 aliphatic carbocycles. The molecule has 11 heteroatoms. The predicted octanol–water partition coefficient (Wildman–Crippen LogP) is -0.776. The molecule has 32 heavy (non-hydrogen) atoms. The summed E-state index contributed by atoms with van der Waals surface area (Å²) in [4.78, 5) is 11.9. The fourth-order valence-corrected chi connectivity index (χ4v) is 2.74. The number of aliphatic hydroxyl groups excluding tert-OH is 4. The molecule has 5 N–H and O–H groups in total. The lowest BCUT2D eigenvalue weighted by atomic mass is 9.99. The van der Waals surface area contributed by atoms with Crippen LogP contribution in [0.1, 0.15) is 5.56 Å². The van der Waals surface area contributed by atoms with Gasteiger partial charge in [0, 0.05) is 6.08 Å². The van der Waals surface area contributed by atoms with Crippen LogP contribution in [0.25, 0.3) is 6.08 Å². The Labute approximate surface area is 183 Å². The molecule has 174 valence electrons. The molecule has 1 saturated heterocycles. The third kappa shape index (κ3) is 6.76. The second-order valence-corrected chi connectivity index (χ2v) is 6.74. The number of nitrogens with zero attached hydrogens (tertiary/aromatic N) is 1. The number of aliphatic hydroxyl groups is 4. The van der Waals surface area contributed by atoms with Gasteiger partial charge in [-0.1, -0.05) is 6.07 Å². The van der Waals surface area contributed by atoms with Crippen molar-refractivity contribution in [2.45, 2.75) is 30.7 Å². The zero-order chi connectivity index (χ0) is 23.7. The third-order valence-corrected chi connectivity index (χ3v) is 4.57. The number of carbonyl (C=O) groups excluding carboxylic acids is 1. The van der Waals surface area contributed by atoms with E-state index in [1.54, 1.807) is 6.07 Å². The molecule has 1 heterocycles. The second-order valence-electron chi connectivity index (χ2n) is 6.74. The number of esters is 1. The normalized spacial score (nSPS) is 26.0. The molecule has 0 amide bonds. The summed E-state index contributed by atoms with van der Waals surface area (Å²) in [7, 11) is 1.40. The van der Waals surface area contributed by atoms with Gasteiger partial charge in [0.2, 0.25) is 0 Å². The van der Waals surface area contributed by atoms with E-state index in [1.165, 1.54) is 31.4 Å². The van der Waals surface area contributed by atoms with Crippen LogP contribution in [0, 0.1) is 11.3 Å². The summed E-state index contributed by atoms with van der Waals surface area (Å²) in [6.07, 6.45) is -3.21. The maximum Gasteiger partial charge on any atom is 0.331 e. The molecule has 1 aliphatic rings. The number of rotatable bonds is 9. The van der Waals surface area contributed by atoms with Gasteiger partial charge in [-0.2, -0.15) is 5.26 Å². The van der Waals surface area contributed by atoms with Crippen LogP contribution in [0.15, 0.2) is 35.9 Å². The minimum absolute atomic E-state index is 0.0399. The Morgan fingerprint density at radius 3 is 2.66 bits per heavy atom. The number of ether oxygens (including phenoxy) is 4. The first-order valence-electron chi connectivity index (χ1n) is 9.53. The highest BCUT2D eigenvalue weighted by Gasteiger charge is 2.43. The highest BCUT2D eigenvalue weighted by molar-refractivity contribution is 5.87. The Balaban J connectivity index is 1.85. The van der Waals surface area contributed by atoms with Crippen molar-refractivity contribution in [1.82, 2.24) is 0 Å². The zero-order valence-electron chi connectivity index (χ0n) is 17.2. The molecule has 0 spiro atoms. The number of nitriles is 1. The molecule has 1 aromatic carbocycles. The fourth-order valence-electron chi connectivity index (χ4n) is 2.74. The van der Waals surface area contributed by atoms with Crippen LogP contribution in [0.2, 0.25) is 0 Å². The maximum absolute atomic E-state index is 11.9. The highest BCUT2D eigenvalue weighted by atomic mass is 16.7. The Morgan fingerprint density at radius 2 is 2.00 bits per heavy atom. The average Bonchev–Trinajstić information content (AvgIpc) is 2.80. The predicted molar refractivity (Wildman–Crippen MR) is 108 cm³/mol. The minimum atomic E-state index is -1.58. The van der Waals surface area contributed by atoms with E-state index < -0.39 is 43.3 Å². The SMILES string of the molecule is COc1cc(/C=C/C(=O)OC/C(C#N)=C\CO[C@@H]2O[C@H](CO)[C@@H](O)[C@H](O)[C@H]2O)ccc1O. The van der Waals surface area contributed by atoms with Crippen molar-refractivity contribution in [2.24, 2.45) is 0 Å². The number of methoxy groups -OCH3 is 1. The molecule has 11 nitrogen and oxygen atoms in total. The molecule has 0 unspecified atom stereocenters. The van der Waals surface area contributed by atoms with E-state index in [1.807, 2.05) is 6.07 Å². The number of phenolic OH excluding ortho intramolecular Hbond substituents is 1. The van der Waals surface area contributed by atoms with Gasteiger partial charge in [0.05, 0.1) is 32.0 Å². The van der Waals surface area contributed by atoms with E-state index in [9.17, 15) is 25.2 Å². The van der Waals surface area contributed by atoms with E-state index >= 15 is 0 Å². The van der Waals surface area contributed by atoms with Crippen molar-refractivity contribution in [3.63, 3.8) is 0 Å². The number of hydrogen-bond acceptors (Lipinski definition) is 11. The van der Waals surface area contributed by atoms with Gasteiger partial charge in [-0.3, -0.25) is 0 Å². The van der Waals surface area contributed by atoms with E-state index in [-0.39, 0.29) is 30.3 Å². The van der Waals surface area contributed by atoms with Gasteiger partial charge in [0.1, 0.15) is 31.0 Å². The Morgan fingerprint density at radius 1 is 1.25 bits per heavy atom. The highest BCUT2D eigenvalue weighted by Crippen LogP contribution is 2.26. The van der Waals surface area contributed by atoms with Crippen molar-refractivity contribution >= 4 is 12.0 Å². The van der Waals surface area contributed by atoms with Gasteiger partial charge in [-0.15, -0.1) is 0 Å². The van der Waals surface area contributed by atoms with Crippen LogP contribution in [0.4, 0.5) is 0 Å². The minimum Gasteiger partial charge on any atom is -0.504 e. The molecular formula is C21H25NO10. The molecule has 1 aromatic rings. The van der Waals surface area contributed by atoms with Crippen molar-refractivity contribution in [1.29, 1.82) is 5.26 Å². The van der Waals surface area contributed by atoms with Gasteiger partial charge in [-0.05, 0) is 29.8 Å². The summed E-state index contributed by atoms with van der Waals surface area (Å²) >= 11 is 0. The van der Waals surface area contributed by atoms with E-state index in [0.29, 0.717) is 5.56 Å². The van der Waals surface area contributed by atoms with E-state index in [4.69, 9.17) is 29.3 Å². The third-order valence-electron chi connectivity index (χ3n) is 4.57. The number of phenols is 1. The summed E-state index contributed by atoms with van der Waals surface area (Å²) in [5.41, 5.74) is 0.642. The van der Waals surface area contributed by atoms with Crippen molar-refractivity contribution in [2.75, 3.05) is 26.9 Å². The number of hydrogen-bond donors (Lipinski definition) is 5. The van der Waals surface area contributed by atoms with Crippen molar-refractivity contribution < 1.29 is 49.3 Å².